The van der Waals surface area contributed by atoms with Crippen LogP contribution in [-0.2, 0) is 9.59 Å². The molecule has 0 unspecified atom stereocenters. The number of nitrogens with one attached hydrogen (secondary N) is 1. The van der Waals surface area contributed by atoms with E-state index < -0.39 is 6.04 Å². The van der Waals surface area contributed by atoms with Crippen molar-refractivity contribution in [2.75, 3.05) is 11.9 Å². The number of para-hydroxylation sites is 1. The van der Waals surface area contributed by atoms with Gasteiger partial charge in [-0.15, -0.1) is 0 Å². The molecule has 0 spiro atoms. The molecule has 3 rings (SSSR count). The zero-order valence-electron chi connectivity index (χ0n) is 13.4. The van der Waals surface area contributed by atoms with Gasteiger partial charge in [0.05, 0.1) is 0 Å². The first-order valence-electron chi connectivity index (χ1n) is 7.79. The average Bonchev–Trinajstić information content (AvgIpc) is 2.55. The minimum atomic E-state index is -0.573. The Morgan fingerprint density at radius 3 is 2.22 bits per heavy atom. The number of carbonyl (C=O) groups is 2. The lowest BCUT2D eigenvalue weighted by Crippen LogP contribution is -2.49. The van der Waals surface area contributed by atoms with Crippen molar-refractivity contribution in [3.05, 3.63) is 65.2 Å². The maximum Gasteiger partial charge on any atom is 0.251 e. The predicted molar refractivity (Wildman–Crippen MR) is 90.1 cm³/mol. The molecule has 1 fully saturated rings. The Morgan fingerprint density at radius 2 is 1.70 bits per heavy atom. The van der Waals surface area contributed by atoms with Crippen LogP contribution in [0.2, 0.25) is 0 Å². The standard InChI is InChI=1S/C19H20N2O2/c1-13-7-6-8-14(2)17(13)20-19(23)18(21-12-11-16(21)22)15-9-4-3-5-10-15/h3-10,18H,11-12H2,1-2H3,(H,20,23)/t18-/m1/s1. The van der Waals surface area contributed by atoms with E-state index in [1.165, 1.54) is 0 Å². The summed E-state index contributed by atoms with van der Waals surface area (Å²) in [5.41, 5.74) is 3.69. The van der Waals surface area contributed by atoms with E-state index in [0.717, 1.165) is 22.4 Å². The van der Waals surface area contributed by atoms with Gasteiger partial charge in [-0.25, -0.2) is 0 Å². The van der Waals surface area contributed by atoms with E-state index in [-0.39, 0.29) is 11.8 Å². The van der Waals surface area contributed by atoms with Gasteiger partial charge in [-0.3, -0.25) is 9.59 Å². The van der Waals surface area contributed by atoms with E-state index >= 15 is 0 Å². The zero-order valence-corrected chi connectivity index (χ0v) is 13.4. The maximum absolute atomic E-state index is 12.9. The van der Waals surface area contributed by atoms with Crippen molar-refractivity contribution in [2.24, 2.45) is 0 Å². The van der Waals surface area contributed by atoms with Crippen LogP contribution < -0.4 is 5.32 Å². The molecular formula is C19H20N2O2. The molecule has 23 heavy (non-hydrogen) atoms. The number of β-lactam (4-membered cyclic amide) rings is 1. The van der Waals surface area contributed by atoms with Gasteiger partial charge in [0.1, 0.15) is 6.04 Å². The predicted octanol–water partition coefficient (Wildman–Crippen LogP) is 3.22. The van der Waals surface area contributed by atoms with E-state index in [9.17, 15) is 9.59 Å². The van der Waals surface area contributed by atoms with E-state index in [4.69, 9.17) is 0 Å². The highest BCUT2D eigenvalue weighted by molar-refractivity contribution is 5.99. The van der Waals surface area contributed by atoms with Crippen LogP contribution in [0.5, 0.6) is 0 Å². The lowest BCUT2D eigenvalue weighted by atomic mass is 9.99. The highest BCUT2D eigenvalue weighted by Crippen LogP contribution is 2.29. The molecular weight excluding hydrogens is 288 g/mol. The molecule has 1 heterocycles. The van der Waals surface area contributed by atoms with Crippen LogP contribution in [-0.4, -0.2) is 23.3 Å². The van der Waals surface area contributed by atoms with E-state index in [1.807, 2.05) is 62.4 Å². The first-order valence-corrected chi connectivity index (χ1v) is 7.79. The number of nitrogens with zero attached hydrogens (tertiary/aromatic N) is 1. The van der Waals surface area contributed by atoms with Gasteiger partial charge in [0.2, 0.25) is 5.91 Å². The molecule has 0 saturated carbocycles. The molecule has 1 saturated heterocycles. The molecule has 0 radical (unpaired) electrons. The number of hydrogen-bond acceptors (Lipinski definition) is 2. The molecule has 1 aliphatic heterocycles. The Hall–Kier alpha value is -2.62. The van der Waals surface area contributed by atoms with Gasteiger partial charge in [0, 0.05) is 18.7 Å². The normalized spacial score (nSPS) is 15.0. The Balaban J connectivity index is 1.91. The van der Waals surface area contributed by atoms with Crippen LogP contribution in [0.3, 0.4) is 0 Å². The number of rotatable bonds is 4. The third-order valence-corrected chi connectivity index (χ3v) is 4.29. The molecule has 0 aliphatic carbocycles. The van der Waals surface area contributed by atoms with Gasteiger partial charge < -0.3 is 10.2 Å². The number of benzene rings is 2. The minimum Gasteiger partial charge on any atom is -0.326 e. The minimum absolute atomic E-state index is 0.0236. The smallest absolute Gasteiger partial charge is 0.251 e. The maximum atomic E-state index is 12.9. The summed E-state index contributed by atoms with van der Waals surface area (Å²) < 4.78 is 0. The second-order valence-corrected chi connectivity index (χ2v) is 5.91. The number of aryl methyl sites for hydroxylation is 2. The lowest BCUT2D eigenvalue weighted by Gasteiger charge is -2.37. The molecule has 0 bridgehead atoms. The summed E-state index contributed by atoms with van der Waals surface area (Å²) in [7, 11) is 0. The van der Waals surface area contributed by atoms with Gasteiger partial charge in [-0.05, 0) is 30.5 Å². The fraction of sp³-hybridized carbons (Fsp3) is 0.263. The van der Waals surface area contributed by atoms with Gasteiger partial charge in [-0.1, -0.05) is 48.5 Å². The number of carbonyl (C=O) groups excluding carboxylic acids is 2. The van der Waals surface area contributed by atoms with Gasteiger partial charge in [0.15, 0.2) is 0 Å². The van der Waals surface area contributed by atoms with Gasteiger partial charge in [0.25, 0.3) is 5.91 Å². The van der Waals surface area contributed by atoms with Crippen LogP contribution >= 0.6 is 0 Å². The molecule has 2 amide bonds. The monoisotopic (exact) mass is 308 g/mol. The van der Waals surface area contributed by atoms with Crippen LogP contribution in [0.25, 0.3) is 0 Å². The highest BCUT2D eigenvalue weighted by Gasteiger charge is 2.36. The quantitative estimate of drug-likeness (QED) is 0.882. The summed E-state index contributed by atoms with van der Waals surface area (Å²) in [5, 5.41) is 3.01. The first-order chi connectivity index (χ1) is 11.1. The summed E-state index contributed by atoms with van der Waals surface area (Å²) in [6, 6.07) is 14.8. The molecule has 4 nitrogen and oxygen atoms in total. The molecule has 1 aliphatic rings. The fourth-order valence-electron chi connectivity index (χ4n) is 2.92. The number of hydrogen-bond donors (Lipinski definition) is 1. The molecule has 1 atom stereocenters. The summed E-state index contributed by atoms with van der Waals surface area (Å²) in [6.45, 7) is 4.56. The number of amides is 2. The number of likely N-dealkylation sites (tertiary alicyclic amines) is 1. The summed E-state index contributed by atoms with van der Waals surface area (Å²) >= 11 is 0. The Kier molecular flexibility index (Phi) is 4.15. The van der Waals surface area contributed by atoms with E-state index in [2.05, 4.69) is 5.32 Å². The first kappa shape index (κ1) is 15.3. The topological polar surface area (TPSA) is 49.4 Å². The molecule has 0 aromatic heterocycles. The average molecular weight is 308 g/mol. The van der Waals surface area contributed by atoms with Crippen molar-refractivity contribution in [1.29, 1.82) is 0 Å². The third-order valence-electron chi connectivity index (χ3n) is 4.29. The Labute approximate surface area is 136 Å². The summed E-state index contributed by atoms with van der Waals surface area (Å²) in [6.07, 6.45) is 0.514. The zero-order chi connectivity index (χ0) is 16.4. The van der Waals surface area contributed by atoms with Crippen molar-refractivity contribution in [3.63, 3.8) is 0 Å². The summed E-state index contributed by atoms with van der Waals surface area (Å²) in [5.74, 6) is -0.142. The van der Waals surface area contributed by atoms with Crippen molar-refractivity contribution >= 4 is 17.5 Å². The second kappa shape index (κ2) is 6.24. The number of anilines is 1. The molecule has 2 aromatic rings. The van der Waals surface area contributed by atoms with Crippen molar-refractivity contribution in [2.45, 2.75) is 26.3 Å². The largest absolute Gasteiger partial charge is 0.326 e. The fourth-order valence-corrected chi connectivity index (χ4v) is 2.92. The second-order valence-electron chi connectivity index (χ2n) is 5.91. The Morgan fingerprint density at radius 1 is 1.04 bits per heavy atom. The van der Waals surface area contributed by atoms with E-state index in [0.29, 0.717) is 13.0 Å². The lowest BCUT2D eigenvalue weighted by molar-refractivity contribution is -0.147. The summed E-state index contributed by atoms with van der Waals surface area (Å²) in [4.78, 5) is 26.4. The highest BCUT2D eigenvalue weighted by atomic mass is 16.2. The van der Waals surface area contributed by atoms with E-state index in [1.54, 1.807) is 4.90 Å². The van der Waals surface area contributed by atoms with Crippen LogP contribution in [0, 0.1) is 13.8 Å². The van der Waals surface area contributed by atoms with Crippen molar-refractivity contribution in [1.82, 2.24) is 4.90 Å². The van der Waals surface area contributed by atoms with Crippen molar-refractivity contribution < 1.29 is 9.59 Å². The SMILES string of the molecule is Cc1cccc(C)c1NC(=O)[C@@H](c1ccccc1)N1CCC1=O. The van der Waals surface area contributed by atoms with Crippen molar-refractivity contribution in [3.8, 4) is 0 Å². The van der Waals surface area contributed by atoms with Crippen LogP contribution in [0.15, 0.2) is 48.5 Å². The van der Waals surface area contributed by atoms with Gasteiger partial charge >= 0.3 is 0 Å². The molecule has 2 aromatic carbocycles. The molecule has 118 valence electrons. The Bertz CT molecular complexity index is 720. The third kappa shape index (κ3) is 2.97. The molecule has 1 N–H and O–H groups in total. The van der Waals surface area contributed by atoms with Crippen LogP contribution in [0.1, 0.15) is 29.2 Å². The van der Waals surface area contributed by atoms with Gasteiger partial charge in [-0.2, -0.15) is 0 Å². The van der Waals surface area contributed by atoms with Crippen LogP contribution in [0.4, 0.5) is 5.69 Å². The molecule has 4 heteroatoms.